The number of benzene rings is 1. The molecule has 0 atom stereocenters. The predicted molar refractivity (Wildman–Crippen MR) is 45.2 cm³/mol. The van der Waals surface area contributed by atoms with Crippen LogP contribution in [0.5, 0.6) is 0 Å². The molecule has 0 amide bonds. The fourth-order valence-electron chi connectivity index (χ4n) is 0.515. The molecule has 2 N–H and O–H groups in total. The van der Waals surface area contributed by atoms with Gasteiger partial charge in [0.15, 0.2) is 0 Å². The summed E-state index contributed by atoms with van der Waals surface area (Å²) in [6.45, 7) is 0. The van der Waals surface area contributed by atoms with Crippen LogP contribution in [0.4, 0.5) is 10.1 Å². The van der Waals surface area contributed by atoms with Gasteiger partial charge >= 0.3 is 0 Å². The van der Waals surface area contributed by atoms with Crippen LogP contribution < -0.4 is 5.73 Å². The molecule has 0 saturated heterocycles. The third-order valence-electron chi connectivity index (χ3n) is 0.958. The van der Waals surface area contributed by atoms with E-state index >= 15 is 0 Å². The predicted octanol–water partition coefficient (Wildman–Crippen LogP) is 2.81. The van der Waals surface area contributed by atoms with Crippen molar-refractivity contribution in [1.82, 2.24) is 0 Å². The highest BCUT2D eigenvalue weighted by Crippen LogP contribution is 2.18. The molecule has 0 unspecified atom stereocenters. The molecule has 0 fully saturated rings. The molecular formula is C7H9BrFN. The first-order valence-electron chi connectivity index (χ1n) is 2.40. The Morgan fingerprint density at radius 1 is 1.40 bits per heavy atom. The smallest absolute Gasteiger partial charge is 0.125 e. The summed E-state index contributed by atoms with van der Waals surface area (Å²) in [5, 5.41) is 0. The highest BCUT2D eigenvalue weighted by Gasteiger charge is 1.94. The van der Waals surface area contributed by atoms with Gasteiger partial charge in [-0.2, -0.15) is 0 Å². The lowest BCUT2D eigenvalue weighted by Crippen LogP contribution is -1.86. The minimum absolute atomic E-state index is 0. The van der Waals surface area contributed by atoms with Gasteiger partial charge in [-0.3, -0.25) is 0 Å². The Labute approximate surface area is 68.2 Å². The number of hydrogen-bond acceptors (Lipinski definition) is 1. The van der Waals surface area contributed by atoms with Gasteiger partial charge in [0, 0.05) is 10.2 Å². The van der Waals surface area contributed by atoms with Crippen LogP contribution in [0.1, 0.15) is 7.43 Å². The summed E-state index contributed by atoms with van der Waals surface area (Å²) in [6.07, 6.45) is 0. The number of nitrogen functional groups attached to an aromatic ring is 1. The summed E-state index contributed by atoms with van der Waals surface area (Å²) >= 11 is 3.14. The molecule has 0 aromatic heterocycles. The number of anilines is 1. The van der Waals surface area contributed by atoms with E-state index < -0.39 is 0 Å². The second-order valence-electron chi connectivity index (χ2n) is 1.67. The van der Waals surface area contributed by atoms with Crippen LogP contribution in [0.3, 0.4) is 0 Å². The van der Waals surface area contributed by atoms with E-state index in [9.17, 15) is 4.39 Å². The highest BCUT2D eigenvalue weighted by molar-refractivity contribution is 9.10. The van der Waals surface area contributed by atoms with E-state index in [4.69, 9.17) is 5.73 Å². The molecule has 1 nitrogen and oxygen atoms in total. The van der Waals surface area contributed by atoms with Crippen LogP contribution in [0.2, 0.25) is 0 Å². The van der Waals surface area contributed by atoms with Crippen molar-refractivity contribution in [2.24, 2.45) is 0 Å². The number of halogens is 2. The van der Waals surface area contributed by atoms with Crippen molar-refractivity contribution in [2.45, 2.75) is 7.43 Å². The minimum Gasteiger partial charge on any atom is -0.398 e. The van der Waals surface area contributed by atoms with Crippen molar-refractivity contribution in [3.05, 3.63) is 28.5 Å². The van der Waals surface area contributed by atoms with E-state index in [-0.39, 0.29) is 13.2 Å². The number of rotatable bonds is 0. The van der Waals surface area contributed by atoms with Gasteiger partial charge < -0.3 is 5.73 Å². The van der Waals surface area contributed by atoms with Crippen molar-refractivity contribution in [3.8, 4) is 0 Å². The molecule has 0 bridgehead atoms. The lowest BCUT2D eigenvalue weighted by Gasteiger charge is -1.94. The average molecular weight is 206 g/mol. The first-order chi connectivity index (χ1) is 4.20. The van der Waals surface area contributed by atoms with Gasteiger partial charge in [-0.15, -0.1) is 0 Å². The quantitative estimate of drug-likeness (QED) is 0.649. The van der Waals surface area contributed by atoms with Gasteiger partial charge in [0.1, 0.15) is 5.82 Å². The molecule has 56 valence electrons. The maximum atomic E-state index is 12.2. The maximum absolute atomic E-state index is 12.2. The molecule has 0 spiro atoms. The molecule has 1 rings (SSSR count). The van der Waals surface area contributed by atoms with E-state index in [0.29, 0.717) is 5.69 Å². The summed E-state index contributed by atoms with van der Waals surface area (Å²) in [6, 6.07) is 4.19. The molecule has 0 aliphatic heterocycles. The first-order valence-corrected chi connectivity index (χ1v) is 3.20. The Morgan fingerprint density at radius 2 is 2.00 bits per heavy atom. The molecule has 1 aromatic carbocycles. The number of hydrogen-bond donors (Lipinski definition) is 1. The zero-order chi connectivity index (χ0) is 6.85. The lowest BCUT2D eigenvalue weighted by molar-refractivity contribution is 0.628. The summed E-state index contributed by atoms with van der Waals surface area (Å²) in [5.74, 6) is -0.310. The Bertz CT molecular complexity index is 225. The highest BCUT2D eigenvalue weighted by atomic mass is 79.9. The fourth-order valence-corrected chi connectivity index (χ4v) is 0.761. The van der Waals surface area contributed by atoms with Crippen molar-refractivity contribution in [2.75, 3.05) is 5.73 Å². The van der Waals surface area contributed by atoms with Crippen molar-refractivity contribution < 1.29 is 4.39 Å². The molecule has 1 aromatic rings. The Morgan fingerprint density at radius 3 is 2.40 bits per heavy atom. The monoisotopic (exact) mass is 205 g/mol. The summed E-state index contributed by atoms with van der Waals surface area (Å²) < 4.78 is 13.0. The Kier molecular flexibility index (Phi) is 3.36. The summed E-state index contributed by atoms with van der Waals surface area (Å²) in [5.41, 5.74) is 5.76. The normalized spacial score (nSPS) is 8.60. The van der Waals surface area contributed by atoms with Gasteiger partial charge in [0.2, 0.25) is 0 Å². The topological polar surface area (TPSA) is 26.0 Å². The standard InChI is InChI=1S/C6H5BrFN.CH4/c7-5-2-1-4(8)3-6(5)9;/h1-3H,9H2;1H4. The molecule has 3 heteroatoms. The van der Waals surface area contributed by atoms with Crippen LogP contribution >= 0.6 is 15.9 Å². The maximum Gasteiger partial charge on any atom is 0.125 e. The van der Waals surface area contributed by atoms with E-state index in [1.165, 1.54) is 12.1 Å². The Balaban J connectivity index is 0.000000810. The van der Waals surface area contributed by atoms with Crippen LogP contribution in [0, 0.1) is 5.82 Å². The van der Waals surface area contributed by atoms with Crippen LogP contribution in [0.15, 0.2) is 22.7 Å². The van der Waals surface area contributed by atoms with Crippen LogP contribution in [0.25, 0.3) is 0 Å². The van der Waals surface area contributed by atoms with Crippen molar-refractivity contribution in [3.63, 3.8) is 0 Å². The van der Waals surface area contributed by atoms with Gasteiger partial charge in [-0.1, -0.05) is 7.43 Å². The summed E-state index contributed by atoms with van der Waals surface area (Å²) in [7, 11) is 0. The van der Waals surface area contributed by atoms with Crippen molar-refractivity contribution in [1.29, 1.82) is 0 Å². The molecule has 0 heterocycles. The van der Waals surface area contributed by atoms with Crippen molar-refractivity contribution >= 4 is 21.6 Å². The minimum atomic E-state index is -0.310. The van der Waals surface area contributed by atoms with Gasteiger partial charge in [-0.25, -0.2) is 4.39 Å². The SMILES string of the molecule is C.Nc1cc(F)ccc1Br. The molecular weight excluding hydrogens is 197 g/mol. The third kappa shape index (κ3) is 1.99. The molecule has 0 aliphatic rings. The first kappa shape index (κ1) is 9.43. The fraction of sp³-hybridized carbons (Fsp3) is 0.143. The lowest BCUT2D eigenvalue weighted by atomic mass is 10.3. The molecule has 10 heavy (non-hydrogen) atoms. The van der Waals surface area contributed by atoms with E-state index in [1.807, 2.05) is 0 Å². The average Bonchev–Trinajstić information content (AvgIpc) is 1.80. The number of nitrogens with two attached hydrogens (primary N) is 1. The van der Waals surface area contributed by atoms with Gasteiger partial charge in [0.05, 0.1) is 0 Å². The van der Waals surface area contributed by atoms with E-state index in [0.717, 1.165) is 4.47 Å². The largest absolute Gasteiger partial charge is 0.398 e. The zero-order valence-corrected chi connectivity index (χ0v) is 6.15. The Hall–Kier alpha value is -0.570. The van der Waals surface area contributed by atoms with Gasteiger partial charge in [-0.05, 0) is 34.1 Å². The zero-order valence-electron chi connectivity index (χ0n) is 4.57. The van der Waals surface area contributed by atoms with Gasteiger partial charge in [0.25, 0.3) is 0 Å². The summed E-state index contributed by atoms with van der Waals surface area (Å²) in [4.78, 5) is 0. The van der Waals surface area contributed by atoms with Crippen LogP contribution in [-0.2, 0) is 0 Å². The van der Waals surface area contributed by atoms with E-state index in [1.54, 1.807) is 6.07 Å². The van der Waals surface area contributed by atoms with E-state index in [2.05, 4.69) is 15.9 Å². The second kappa shape index (κ2) is 3.56. The second-order valence-corrected chi connectivity index (χ2v) is 2.52. The van der Waals surface area contributed by atoms with Crippen LogP contribution in [-0.4, -0.2) is 0 Å². The third-order valence-corrected chi connectivity index (χ3v) is 1.68. The molecule has 0 aliphatic carbocycles. The molecule has 0 radical (unpaired) electrons. The molecule has 0 saturated carbocycles.